The third-order valence-corrected chi connectivity index (χ3v) is 5.36. The highest BCUT2D eigenvalue weighted by Crippen LogP contribution is 2.32. The van der Waals surface area contributed by atoms with E-state index in [1.807, 2.05) is 13.0 Å². The fourth-order valence-electron chi connectivity index (χ4n) is 2.92. The molecule has 2 heterocycles. The van der Waals surface area contributed by atoms with Crippen LogP contribution in [0.25, 0.3) is 15.8 Å². The lowest BCUT2D eigenvalue weighted by molar-refractivity contribution is -0.142. The second-order valence-electron chi connectivity index (χ2n) is 6.03. The van der Waals surface area contributed by atoms with Crippen molar-refractivity contribution in [3.63, 3.8) is 0 Å². The van der Waals surface area contributed by atoms with Gasteiger partial charge in [0.2, 0.25) is 0 Å². The van der Waals surface area contributed by atoms with Crippen LogP contribution in [0.4, 0.5) is 0 Å². The number of carbonyl (C=O) groups is 1. The number of aryl methyl sites for hydroxylation is 1. The first-order valence-corrected chi connectivity index (χ1v) is 8.93. The molecule has 0 aliphatic rings. The highest BCUT2D eigenvalue weighted by molar-refractivity contribution is 7.13. The second kappa shape index (κ2) is 6.87. The quantitative estimate of drug-likeness (QED) is 0.654. The third kappa shape index (κ3) is 2.86. The molecular weight excluding hydrogens is 354 g/mol. The van der Waals surface area contributed by atoms with E-state index in [1.54, 1.807) is 26.1 Å². The van der Waals surface area contributed by atoms with Gasteiger partial charge in [-0.3, -0.25) is 9.59 Å². The van der Waals surface area contributed by atoms with Crippen LogP contribution in [0.5, 0.6) is 0 Å². The zero-order valence-electron chi connectivity index (χ0n) is 15.0. The summed E-state index contributed by atoms with van der Waals surface area (Å²) in [5, 5.41) is 0.749. The Labute approximate surface area is 153 Å². The molecule has 0 bridgehead atoms. The maximum atomic E-state index is 12.6. The number of benzene rings is 1. The topological polar surface area (TPSA) is 83.2 Å². The van der Waals surface area contributed by atoms with Crippen molar-refractivity contribution in [2.45, 2.75) is 26.2 Å². The Morgan fingerprint density at radius 3 is 2.69 bits per heavy atom. The lowest BCUT2D eigenvalue weighted by atomic mass is 9.99. The van der Waals surface area contributed by atoms with Gasteiger partial charge in [-0.2, -0.15) is 4.37 Å². The molecule has 7 nitrogen and oxygen atoms in total. The van der Waals surface area contributed by atoms with Crippen molar-refractivity contribution in [1.82, 2.24) is 13.5 Å². The monoisotopic (exact) mass is 373 g/mol. The van der Waals surface area contributed by atoms with Crippen LogP contribution in [-0.4, -0.2) is 26.6 Å². The number of carbonyl (C=O) groups excluding carboxylic acids is 1. The number of fused-ring (bicyclic) bond motifs is 1. The number of nitrogens with zero attached hydrogens (tertiary/aromatic N) is 3. The van der Waals surface area contributed by atoms with Crippen LogP contribution in [0, 0.1) is 6.92 Å². The molecule has 0 N–H and O–H groups in total. The maximum absolute atomic E-state index is 12.6. The van der Waals surface area contributed by atoms with Crippen molar-refractivity contribution in [1.29, 1.82) is 0 Å². The molecule has 1 atom stereocenters. The average molecular weight is 373 g/mol. The molecule has 26 heavy (non-hydrogen) atoms. The van der Waals surface area contributed by atoms with Crippen LogP contribution in [0.3, 0.4) is 0 Å². The maximum Gasteiger partial charge on any atom is 0.335 e. The fourth-order valence-corrected chi connectivity index (χ4v) is 3.74. The molecule has 0 saturated carbocycles. The summed E-state index contributed by atoms with van der Waals surface area (Å²) in [7, 11) is 2.97. The van der Waals surface area contributed by atoms with Crippen LogP contribution >= 0.6 is 11.5 Å². The van der Waals surface area contributed by atoms with Crippen molar-refractivity contribution < 1.29 is 9.53 Å². The highest BCUT2D eigenvalue weighted by atomic mass is 32.1. The van der Waals surface area contributed by atoms with Crippen LogP contribution in [0.2, 0.25) is 0 Å². The average Bonchev–Trinajstić information content (AvgIpc) is 3.03. The smallest absolute Gasteiger partial charge is 0.335 e. The Bertz CT molecular complexity index is 1110. The highest BCUT2D eigenvalue weighted by Gasteiger charge is 2.24. The minimum atomic E-state index is -0.485. The molecule has 3 rings (SSSR count). The van der Waals surface area contributed by atoms with E-state index in [-0.39, 0.29) is 5.97 Å². The molecule has 2 aromatic heterocycles. The standard InChI is InChI=1S/C18H19N3O4S/c1-5-12(17(23)25-4)16-13-9-11(6-7-14(13)26-19-16)21-15(22)8-10(2)20(3)18(21)24/h6-9,12H,5H2,1-4H3. The van der Waals surface area contributed by atoms with E-state index >= 15 is 0 Å². The molecule has 0 fully saturated rings. The molecule has 0 spiro atoms. The molecule has 0 amide bonds. The number of hydrogen-bond donors (Lipinski definition) is 0. The predicted molar refractivity (Wildman–Crippen MR) is 100 cm³/mol. The normalized spacial score (nSPS) is 12.3. The zero-order valence-corrected chi connectivity index (χ0v) is 15.8. The molecule has 0 saturated heterocycles. The van der Waals surface area contributed by atoms with E-state index in [0.29, 0.717) is 23.5 Å². The zero-order chi connectivity index (χ0) is 19.0. The van der Waals surface area contributed by atoms with Gasteiger partial charge >= 0.3 is 11.7 Å². The third-order valence-electron chi connectivity index (χ3n) is 4.52. The van der Waals surface area contributed by atoms with Gasteiger partial charge in [0.15, 0.2) is 0 Å². The number of hydrogen-bond acceptors (Lipinski definition) is 6. The number of rotatable bonds is 4. The van der Waals surface area contributed by atoms with Gasteiger partial charge in [-0.25, -0.2) is 9.36 Å². The molecule has 1 aromatic carbocycles. The van der Waals surface area contributed by atoms with Gasteiger partial charge in [0.05, 0.1) is 23.2 Å². The minimum Gasteiger partial charge on any atom is -0.469 e. The summed E-state index contributed by atoms with van der Waals surface area (Å²) in [4.78, 5) is 37.0. The van der Waals surface area contributed by atoms with Crippen molar-refractivity contribution in [2.75, 3.05) is 7.11 Å². The van der Waals surface area contributed by atoms with Gasteiger partial charge in [-0.15, -0.1) is 0 Å². The van der Waals surface area contributed by atoms with Gasteiger partial charge in [0.1, 0.15) is 5.92 Å². The summed E-state index contributed by atoms with van der Waals surface area (Å²) in [6, 6.07) is 6.67. The van der Waals surface area contributed by atoms with Crippen LogP contribution in [0.15, 0.2) is 33.9 Å². The van der Waals surface area contributed by atoms with E-state index in [9.17, 15) is 14.4 Å². The van der Waals surface area contributed by atoms with Gasteiger partial charge in [-0.1, -0.05) is 6.92 Å². The first-order valence-electron chi connectivity index (χ1n) is 8.16. The van der Waals surface area contributed by atoms with Crippen molar-refractivity contribution in [3.05, 3.63) is 56.5 Å². The number of ether oxygens (including phenoxy) is 1. The number of methoxy groups -OCH3 is 1. The lowest BCUT2D eigenvalue weighted by Gasteiger charge is -2.12. The largest absolute Gasteiger partial charge is 0.469 e. The molecule has 0 aliphatic carbocycles. The van der Waals surface area contributed by atoms with E-state index in [1.165, 1.54) is 29.3 Å². The van der Waals surface area contributed by atoms with Crippen molar-refractivity contribution >= 4 is 27.6 Å². The Hall–Kier alpha value is -2.74. The van der Waals surface area contributed by atoms with Gasteiger partial charge in [0.25, 0.3) is 5.56 Å². The summed E-state index contributed by atoms with van der Waals surface area (Å²) in [6.07, 6.45) is 0.544. The predicted octanol–water partition coefficient (Wildman–Crippen LogP) is 2.12. The lowest BCUT2D eigenvalue weighted by Crippen LogP contribution is -2.38. The number of esters is 1. The van der Waals surface area contributed by atoms with Crippen LogP contribution < -0.4 is 11.2 Å². The number of aromatic nitrogens is 3. The molecule has 0 aliphatic heterocycles. The summed E-state index contributed by atoms with van der Waals surface area (Å²) in [6.45, 7) is 3.59. The molecular formula is C18H19N3O4S. The van der Waals surface area contributed by atoms with Crippen LogP contribution in [0.1, 0.15) is 30.7 Å². The van der Waals surface area contributed by atoms with E-state index in [0.717, 1.165) is 14.7 Å². The first-order chi connectivity index (χ1) is 12.4. The summed E-state index contributed by atoms with van der Waals surface area (Å²) in [5.74, 6) is -0.838. The second-order valence-corrected chi connectivity index (χ2v) is 6.84. The Morgan fingerprint density at radius 2 is 2.04 bits per heavy atom. The van der Waals surface area contributed by atoms with Gasteiger partial charge in [-0.05, 0) is 43.1 Å². The fraction of sp³-hybridized carbons (Fsp3) is 0.333. The van der Waals surface area contributed by atoms with Crippen molar-refractivity contribution in [2.24, 2.45) is 7.05 Å². The van der Waals surface area contributed by atoms with E-state index in [2.05, 4.69) is 4.37 Å². The van der Waals surface area contributed by atoms with E-state index in [4.69, 9.17) is 4.74 Å². The molecule has 0 radical (unpaired) electrons. The molecule has 1 unspecified atom stereocenters. The SMILES string of the molecule is CCC(C(=O)OC)c1nsc2ccc(-n3c(=O)cc(C)n(C)c3=O)cc12. The van der Waals surface area contributed by atoms with Gasteiger partial charge < -0.3 is 9.30 Å². The Morgan fingerprint density at radius 1 is 1.31 bits per heavy atom. The van der Waals surface area contributed by atoms with Crippen molar-refractivity contribution in [3.8, 4) is 5.69 Å². The Kier molecular flexibility index (Phi) is 4.78. The molecule has 8 heteroatoms. The van der Waals surface area contributed by atoms with Crippen LogP contribution in [-0.2, 0) is 16.6 Å². The first kappa shape index (κ1) is 18.1. The summed E-state index contributed by atoms with van der Waals surface area (Å²) >= 11 is 1.27. The molecule has 136 valence electrons. The molecule has 3 aromatic rings. The van der Waals surface area contributed by atoms with Gasteiger partial charge in [0, 0.05) is 24.2 Å². The summed E-state index contributed by atoms with van der Waals surface area (Å²) < 4.78 is 12.7. The Balaban J connectivity index is 2.24. The van der Waals surface area contributed by atoms with E-state index < -0.39 is 17.2 Å². The summed E-state index contributed by atoms with van der Waals surface area (Å²) in [5.41, 5.74) is 0.836. The minimum absolute atomic E-state index is 0.353.